The van der Waals surface area contributed by atoms with Gasteiger partial charge >= 0.3 is 6.18 Å². The summed E-state index contributed by atoms with van der Waals surface area (Å²) in [6.07, 6.45) is -1.62. The fourth-order valence-corrected chi connectivity index (χ4v) is 3.01. The molecule has 0 aromatic carbocycles. The van der Waals surface area contributed by atoms with Crippen molar-refractivity contribution >= 4 is 17.5 Å². The lowest BCUT2D eigenvalue weighted by Crippen LogP contribution is -2.43. The van der Waals surface area contributed by atoms with Gasteiger partial charge in [0.2, 0.25) is 5.96 Å². The van der Waals surface area contributed by atoms with Crippen LogP contribution in [0.15, 0.2) is 34.2 Å². The van der Waals surface area contributed by atoms with Crippen LogP contribution in [0.4, 0.5) is 17.6 Å². The number of Topliss-reactive ketones (excluding diaryl/α,β-unsaturated/α-hetero) is 1. The summed E-state index contributed by atoms with van der Waals surface area (Å²) in [7, 11) is 0. The first-order valence-electron chi connectivity index (χ1n) is 12.4. The number of aliphatic hydroxyl groups is 1. The Morgan fingerprint density at radius 1 is 1.22 bits per heavy atom. The molecule has 0 fully saturated rings. The van der Waals surface area contributed by atoms with Gasteiger partial charge < -0.3 is 14.7 Å². The van der Waals surface area contributed by atoms with Crippen LogP contribution in [0.1, 0.15) is 60.3 Å². The largest absolute Gasteiger partial charge is 0.488 e. The van der Waals surface area contributed by atoms with Crippen molar-refractivity contribution < 1.29 is 32.2 Å². The molecular weight excluding hydrogens is 494 g/mol. The maximum Gasteiger partial charge on any atom is 0.408 e. The topological polar surface area (TPSA) is 98.6 Å². The van der Waals surface area contributed by atoms with Crippen LogP contribution >= 0.6 is 0 Å². The molecule has 0 bridgehead atoms. The molecule has 214 valence electrons. The number of hydrazine groups is 1. The summed E-state index contributed by atoms with van der Waals surface area (Å²) in [6, 6.07) is 0. The van der Waals surface area contributed by atoms with Gasteiger partial charge in [-0.25, -0.2) is 14.4 Å². The summed E-state index contributed by atoms with van der Waals surface area (Å²) in [5.74, 6) is -0.321. The van der Waals surface area contributed by atoms with Gasteiger partial charge in [-0.15, -0.1) is 0 Å². The van der Waals surface area contributed by atoms with E-state index in [-0.39, 0.29) is 37.1 Å². The van der Waals surface area contributed by atoms with Gasteiger partial charge in [-0.3, -0.25) is 15.6 Å². The predicted molar refractivity (Wildman–Crippen MR) is 139 cm³/mol. The number of carbonyl (C=O) groups excluding carboxylic acids is 1. The first-order valence-corrected chi connectivity index (χ1v) is 12.4. The van der Waals surface area contributed by atoms with Gasteiger partial charge in [0.1, 0.15) is 30.5 Å². The third-order valence-corrected chi connectivity index (χ3v) is 5.31. The van der Waals surface area contributed by atoms with E-state index >= 15 is 0 Å². The van der Waals surface area contributed by atoms with Crippen molar-refractivity contribution in [1.82, 2.24) is 15.8 Å². The molecule has 0 saturated heterocycles. The number of carbonyl (C=O) groups is 1. The lowest BCUT2D eigenvalue weighted by Gasteiger charge is -2.30. The Bertz CT molecular complexity index is 800. The Hall–Kier alpha value is -2.31. The van der Waals surface area contributed by atoms with Crippen molar-refractivity contribution in [2.24, 2.45) is 15.4 Å². The van der Waals surface area contributed by atoms with Crippen LogP contribution in [0, 0.1) is 5.41 Å². The highest BCUT2D eigenvalue weighted by Crippen LogP contribution is 2.22. The van der Waals surface area contributed by atoms with Gasteiger partial charge in [-0.05, 0) is 40.0 Å². The molecule has 0 amide bonds. The van der Waals surface area contributed by atoms with E-state index in [1.807, 2.05) is 6.92 Å². The highest BCUT2D eigenvalue weighted by atomic mass is 19.4. The van der Waals surface area contributed by atoms with E-state index in [1.54, 1.807) is 25.7 Å². The van der Waals surface area contributed by atoms with Crippen molar-refractivity contribution in [2.45, 2.75) is 66.5 Å². The zero-order valence-corrected chi connectivity index (χ0v) is 22.7. The molecule has 0 rings (SSSR count). The van der Waals surface area contributed by atoms with Crippen LogP contribution in [-0.2, 0) is 9.53 Å². The number of ketones is 1. The molecule has 12 heteroatoms. The van der Waals surface area contributed by atoms with Crippen molar-refractivity contribution in [3.63, 3.8) is 0 Å². The lowest BCUT2D eigenvalue weighted by molar-refractivity contribution is -0.118. The molecule has 1 unspecified atom stereocenters. The molecule has 0 aliphatic heterocycles. The number of aliphatic hydroxyl groups excluding tert-OH is 1. The Morgan fingerprint density at radius 3 is 2.43 bits per heavy atom. The minimum atomic E-state index is -4.49. The van der Waals surface area contributed by atoms with Gasteiger partial charge in [-0.2, -0.15) is 13.2 Å². The molecule has 8 nitrogen and oxygen atoms in total. The summed E-state index contributed by atoms with van der Waals surface area (Å²) in [5, 5.41) is 9.87. The van der Waals surface area contributed by atoms with Crippen LogP contribution in [0.5, 0.6) is 0 Å². The summed E-state index contributed by atoms with van der Waals surface area (Å²) in [6.45, 7) is 12.1. The normalized spacial score (nSPS) is 14.9. The molecule has 0 aromatic rings. The fraction of sp³-hybridized carbons (Fsp3) is 0.720. The van der Waals surface area contributed by atoms with E-state index in [2.05, 4.69) is 27.4 Å². The SMILES string of the molecule is C=C(/C=C(/F)CC)OCC(C)=NC(=NCC(F)(F)F)N(CC)CCCC(C)(CO)CNNCCC(C)=O. The first kappa shape index (κ1) is 34.7. The number of guanidine groups is 1. The molecule has 0 spiro atoms. The second-order valence-electron chi connectivity index (χ2n) is 9.16. The second kappa shape index (κ2) is 18.0. The van der Waals surface area contributed by atoms with Crippen molar-refractivity contribution in [3.05, 3.63) is 24.2 Å². The standard InChI is InChI=1S/C25H43F4N5O3/c1-7-22(26)14-21(5)37-15-19(3)33-23(30-17-25(27,28)29)34(8-2)13-9-11-24(6,18-35)16-32-31-12-10-20(4)36/h14,31-32,35H,5,7-13,15-18H2,1-4,6H3/b22-14+,30-23?,33-19?. The van der Waals surface area contributed by atoms with Crippen molar-refractivity contribution in [2.75, 3.05) is 45.9 Å². The summed E-state index contributed by atoms with van der Waals surface area (Å²) in [4.78, 5) is 20.6. The summed E-state index contributed by atoms with van der Waals surface area (Å²) >= 11 is 0. The number of allylic oxidation sites excluding steroid dienone is 2. The maximum atomic E-state index is 13.4. The summed E-state index contributed by atoms with van der Waals surface area (Å²) in [5.41, 5.74) is 5.82. The fourth-order valence-electron chi connectivity index (χ4n) is 3.01. The van der Waals surface area contributed by atoms with Gasteiger partial charge in [-0.1, -0.05) is 20.4 Å². The monoisotopic (exact) mass is 537 g/mol. The zero-order valence-electron chi connectivity index (χ0n) is 22.7. The van der Waals surface area contributed by atoms with Crippen LogP contribution in [-0.4, -0.2) is 79.6 Å². The number of rotatable bonds is 18. The molecule has 0 saturated carbocycles. The van der Waals surface area contributed by atoms with Crippen LogP contribution in [0.2, 0.25) is 0 Å². The number of ether oxygens (including phenoxy) is 1. The molecule has 1 atom stereocenters. The van der Waals surface area contributed by atoms with E-state index < -0.39 is 24.0 Å². The number of hydrogen-bond acceptors (Lipinski definition) is 6. The highest BCUT2D eigenvalue weighted by Gasteiger charge is 2.28. The third kappa shape index (κ3) is 17.7. The Labute approximate surface area is 217 Å². The van der Waals surface area contributed by atoms with Crippen molar-refractivity contribution in [1.29, 1.82) is 0 Å². The maximum absolute atomic E-state index is 13.4. The molecule has 3 N–H and O–H groups in total. The summed E-state index contributed by atoms with van der Waals surface area (Å²) < 4.78 is 57.4. The van der Waals surface area contributed by atoms with Gasteiger partial charge in [0.05, 0.1) is 5.71 Å². The molecule has 0 aromatic heterocycles. The number of alkyl halides is 3. The Balaban J connectivity index is 5.24. The Kier molecular flexibility index (Phi) is 16.9. The molecular formula is C25H43F4N5O3. The Morgan fingerprint density at radius 2 is 1.89 bits per heavy atom. The van der Waals surface area contributed by atoms with Gasteiger partial charge in [0.15, 0.2) is 0 Å². The van der Waals surface area contributed by atoms with E-state index in [9.17, 15) is 27.5 Å². The zero-order chi connectivity index (χ0) is 28.5. The molecule has 37 heavy (non-hydrogen) atoms. The molecule has 0 aliphatic carbocycles. The molecule has 0 aliphatic rings. The second-order valence-corrected chi connectivity index (χ2v) is 9.16. The lowest BCUT2D eigenvalue weighted by atomic mass is 9.86. The average Bonchev–Trinajstić information content (AvgIpc) is 2.82. The average molecular weight is 538 g/mol. The molecule has 0 radical (unpaired) electrons. The first-order chi connectivity index (χ1) is 17.2. The van der Waals surface area contributed by atoms with E-state index in [0.29, 0.717) is 51.2 Å². The minimum absolute atomic E-state index is 0.0680. The minimum Gasteiger partial charge on any atom is -0.488 e. The third-order valence-electron chi connectivity index (χ3n) is 5.31. The van der Waals surface area contributed by atoms with Crippen LogP contribution in [0.3, 0.4) is 0 Å². The van der Waals surface area contributed by atoms with Gasteiger partial charge in [0.25, 0.3) is 0 Å². The molecule has 0 heterocycles. The van der Waals surface area contributed by atoms with E-state index in [4.69, 9.17) is 4.74 Å². The van der Waals surface area contributed by atoms with Crippen LogP contribution < -0.4 is 10.9 Å². The van der Waals surface area contributed by atoms with E-state index in [1.165, 1.54) is 6.92 Å². The number of nitrogens with zero attached hydrogens (tertiary/aromatic N) is 3. The number of aliphatic imine (C=N–C) groups is 2. The van der Waals surface area contributed by atoms with E-state index in [0.717, 1.165) is 6.08 Å². The van der Waals surface area contributed by atoms with Crippen molar-refractivity contribution in [3.8, 4) is 0 Å². The quantitative estimate of drug-likeness (QED) is 0.0458. The number of hydrogen-bond donors (Lipinski definition) is 3. The smallest absolute Gasteiger partial charge is 0.408 e. The predicted octanol–water partition coefficient (Wildman–Crippen LogP) is 4.33. The van der Waals surface area contributed by atoms with Gasteiger partial charge in [0, 0.05) is 50.7 Å². The number of nitrogens with one attached hydrogen (secondary N) is 2. The number of halogens is 4. The highest BCUT2D eigenvalue weighted by molar-refractivity contribution is 5.96. The van der Waals surface area contributed by atoms with Crippen LogP contribution in [0.25, 0.3) is 0 Å².